The molecule has 0 fully saturated rings. The Morgan fingerprint density at radius 1 is 1.07 bits per heavy atom. The Bertz CT molecular complexity index is 1240. The van der Waals surface area contributed by atoms with Crippen LogP contribution in [0, 0.1) is 0 Å². The molecular formula is C23H20N4O3. The predicted molar refractivity (Wildman–Crippen MR) is 114 cm³/mol. The monoisotopic (exact) mass is 400 g/mol. The van der Waals surface area contributed by atoms with E-state index in [1.807, 2.05) is 42.5 Å². The molecule has 0 atom stereocenters. The first-order valence-electron chi connectivity index (χ1n) is 9.57. The molecule has 0 spiro atoms. The van der Waals surface area contributed by atoms with Crippen LogP contribution in [0.1, 0.15) is 22.4 Å². The van der Waals surface area contributed by atoms with Crippen molar-refractivity contribution in [2.75, 3.05) is 0 Å². The lowest BCUT2D eigenvalue weighted by Gasteiger charge is -2.09. The molecule has 0 bridgehead atoms. The summed E-state index contributed by atoms with van der Waals surface area (Å²) in [4.78, 5) is 45.0. The van der Waals surface area contributed by atoms with E-state index in [1.54, 1.807) is 30.6 Å². The van der Waals surface area contributed by atoms with Crippen LogP contribution in [0.5, 0.6) is 0 Å². The number of carbonyl (C=O) groups is 1. The van der Waals surface area contributed by atoms with Crippen LogP contribution >= 0.6 is 0 Å². The summed E-state index contributed by atoms with van der Waals surface area (Å²) in [5, 5.41) is 2.85. The lowest BCUT2D eigenvalue weighted by atomic mass is 10.1. The van der Waals surface area contributed by atoms with Crippen molar-refractivity contribution in [2.24, 2.45) is 0 Å². The van der Waals surface area contributed by atoms with Crippen molar-refractivity contribution in [1.29, 1.82) is 0 Å². The smallest absolute Gasteiger partial charge is 0.328 e. The minimum Gasteiger partial charge on any atom is -0.348 e. The van der Waals surface area contributed by atoms with Crippen molar-refractivity contribution in [3.63, 3.8) is 0 Å². The summed E-state index contributed by atoms with van der Waals surface area (Å²) in [6.45, 7) is 0.510. The van der Waals surface area contributed by atoms with E-state index in [4.69, 9.17) is 0 Å². The summed E-state index contributed by atoms with van der Waals surface area (Å²) < 4.78 is 1.16. The number of carbonyl (C=O) groups excluding carboxylic acids is 1. The van der Waals surface area contributed by atoms with Gasteiger partial charge < -0.3 is 10.3 Å². The maximum Gasteiger partial charge on any atom is 0.328 e. The fourth-order valence-corrected chi connectivity index (χ4v) is 3.28. The molecule has 1 aliphatic rings. The van der Waals surface area contributed by atoms with Gasteiger partial charge in [0.2, 0.25) is 0 Å². The van der Waals surface area contributed by atoms with E-state index in [0.29, 0.717) is 29.8 Å². The van der Waals surface area contributed by atoms with Crippen molar-refractivity contribution in [3.05, 3.63) is 116 Å². The van der Waals surface area contributed by atoms with E-state index >= 15 is 0 Å². The van der Waals surface area contributed by atoms with Crippen LogP contribution in [0.4, 0.5) is 0 Å². The third-order valence-corrected chi connectivity index (χ3v) is 4.87. The molecule has 1 amide bonds. The average molecular weight is 400 g/mol. The van der Waals surface area contributed by atoms with Gasteiger partial charge in [-0.05, 0) is 29.3 Å². The molecule has 0 radical (unpaired) electrons. The maximum atomic E-state index is 13.1. The second-order valence-corrected chi connectivity index (χ2v) is 6.94. The number of allylic oxidation sites excluding steroid dienone is 1. The summed E-state index contributed by atoms with van der Waals surface area (Å²) in [6, 6.07) is 12.9. The average Bonchev–Trinajstić information content (AvgIpc) is 2.99. The number of H-pyrrole nitrogens is 1. The number of hydrogen-bond donors (Lipinski definition) is 2. The van der Waals surface area contributed by atoms with Gasteiger partial charge in [-0.25, -0.2) is 4.79 Å². The highest BCUT2D eigenvalue weighted by molar-refractivity contribution is 6.00. The molecule has 30 heavy (non-hydrogen) atoms. The lowest BCUT2D eigenvalue weighted by Crippen LogP contribution is -2.38. The first-order chi connectivity index (χ1) is 14.6. The number of nitrogens with zero attached hydrogens (tertiary/aromatic N) is 2. The van der Waals surface area contributed by atoms with Crippen LogP contribution in [-0.4, -0.2) is 20.4 Å². The molecule has 7 heteroatoms. The van der Waals surface area contributed by atoms with Gasteiger partial charge in [-0.15, -0.1) is 0 Å². The highest BCUT2D eigenvalue weighted by Crippen LogP contribution is 2.14. The molecule has 2 N–H and O–H groups in total. The topological polar surface area (TPSA) is 96.8 Å². The third kappa shape index (κ3) is 4.20. The normalized spacial score (nSPS) is 12.6. The molecule has 0 unspecified atom stereocenters. The molecule has 4 rings (SSSR count). The molecule has 1 aliphatic carbocycles. The number of pyridine rings is 1. The molecule has 2 aromatic heterocycles. The van der Waals surface area contributed by atoms with Crippen LogP contribution in [0.2, 0.25) is 0 Å². The van der Waals surface area contributed by atoms with E-state index in [2.05, 4.69) is 15.3 Å². The number of rotatable bonds is 5. The van der Waals surface area contributed by atoms with Gasteiger partial charge in [-0.3, -0.25) is 19.1 Å². The van der Waals surface area contributed by atoms with Gasteiger partial charge >= 0.3 is 5.69 Å². The van der Waals surface area contributed by atoms with Gasteiger partial charge in [0.25, 0.3) is 11.5 Å². The van der Waals surface area contributed by atoms with Crippen molar-refractivity contribution in [2.45, 2.75) is 19.5 Å². The molecule has 0 saturated heterocycles. The Morgan fingerprint density at radius 3 is 2.60 bits per heavy atom. The largest absolute Gasteiger partial charge is 0.348 e. The van der Waals surface area contributed by atoms with Crippen LogP contribution < -0.4 is 16.6 Å². The van der Waals surface area contributed by atoms with E-state index in [-0.39, 0.29) is 12.5 Å². The quantitative estimate of drug-likeness (QED) is 0.682. The molecule has 1 aromatic carbocycles. The molecule has 0 aliphatic heterocycles. The fraction of sp³-hybridized carbons (Fsp3) is 0.130. The van der Waals surface area contributed by atoms with Gasteiger partial charge in [-0.1, -0.05) is 42.5 Å². The van der Waals surface area contributed by atoms with Gasteiger partial charge in [0, 0.05) is 36.6 Å². The molecule has 150 valence electrons. The Hall–Kier alpha value is -4.00. The van der Waals surface area contributed by atoms with Gasteiger partial charge in [0.1, 0.15) is 0 Å². The zero-order chi connectivity index (χ0) is 20.9. The lowest BCUT2D eigenvalue weighted by molar-refractivity contribution is -0.117. The zero-order valence-electron chi connectivity index (χ0n) is 16.2. The van der Waals surface area contributed by atoms with Crippen LogP contribution in [0.15, 0.2) is 82.2 Å². The highest BCUT2D eigenvalue weighted by atomic mass is 16.2. The van der Waals surface area contributed by atoms with E-state index in [1.165, 1.54) is 0 Å². The number of fused-ring (bicyclic) bond motifs is 1. The predicted octanol–water partition coefficient (Wildman–Crippen LogP) is 1.79. The van der Waals surface area contributed by atoms with Crippen LogP contribution in [-0.2, 0) is 24.3 Å². The number of hydrogen-bond acceptors (Lipinski definition) is 4. The van der Waals surface area contributed by atoms with Crippen molar-refractivity contribution < 1.29 is 4.79 Å². The molecule has 2 heterocycles. The summed E-state index contributed by atoms with van der Waals surface area (Å²) in [5.74, 6) is -0.295. The molecular weight excluding hydrogens is 380 g/mol. The van der Waals surface area contributed by atoms with Gasteiger partial charge in [0.15, 0.2) is 0 Å². The van der Waals surface area contributed by atoms with Gasteiger partial charge in [0.05, 0.1) is 12.1 Å². The number of amides is 1. The summed E-state index contributed by atoms with van der Waals surface area (Å²) in [6.07, 6.45) is 8.66. The molecule has 7 nitrogen and oxygen atoms in total. The number of aromatic amines is 1. The first kappa shape index (κ1) is 19.3. The second kappa shape index (κ2) is 8.57. The summed E-state index contributed by atoms with van der Waals surface area (Å²) >= 11 is 0. The summed E-state index contributed by atoms with van der Waals surface area (Å²) in [5.41, 5.74) is 2.07. The Labute approximate surface area is 172 Å². The Morgan fingerprint density at radius 2 is 1.83 bits per heavy atom. The van der Waals surface area contributed by atoms with Crippen molar-refractivity contribution in [3.8, 4) is 0 Å². The Balaban J connectivity index is 1.64. The molecule has 3 aromatic rings. The minimum atomic E-state index is -0.463. The van der Waals surface area contributed by atoms with Gasteiger partial charge in [-0.2, -0.15) is 0 Å². The standard InChI is InChI=1S/C23H20N4O3/c28-21(25-14-16-9-11-24-12-10-16)18-7-4-8-20-19(13-18)22(29)27(23(30)26-20)15-17-5-2-1-3-6-17/h1-7,9-13H,8,14-15H2,(H,25,28)(H,26,30). The van der Waals surface area contributed by atoms with E-state index in [0.717, 1.165) is 15.7 Å². The van der Waals surface area contributed by atoms with Crippen LogP contribution in [0.25, 0.3) is 6.08 Å². The zero-order valence-corrected chi connectivity index (χ0v) is 16.2. The fourth-order valence-electron chi connectivity index (χ4n) is 3.28. The molecule has 0 saturated carbocycles. The summed E-state index contributed by atoms with van der Waals surface area (Å²) in [7, 11) is 0. The Kier molecular flexibility index (Phi) is 5.52. The number of benzene rings is 1. The van der Waals surface area contributed by atoms with E-state index < -0.39 is 11.2 Å². The maximum absolute atomic E-state index is 13.1. The minimum absolute atomic E-state index is 0.160. The highest BCUT2D eigenvalue weighted by Gasteiger charge is 2.17. The number of nitrogens with one attached hydrogen (secondary N) is 2. The van der Waals surface area contributed by atoms with Crippen molar-refractivity contribution >= 4 is 12.0 Å². The SMILES string of the molecule is O=C(NCc1ccncc1)C1=Cc2c([nH]c(=O)n(Cc3ccccc3)c2=O)CC=C1. The number of aromatic nitrogens is 3. The third-order valence-electron chi connectivity index (χ3n) is 4.87. The van der Waals surface area contributed by atoms with E-state index in [9.17, 15) is 14.4 Å². The van der Waals surface area contributed by atoms with Crippen LogP contribution in [0.3, 0.4) is 0 Å². The van der Waals surface area contributed by atoms with Crippen molar-refractivity contribution in [1.82, 2.24) is 19.9 Å². The first-order valence-corrected chi connectivity index (χ1v) is 9.57. The second-order valence-electron chi connectivity index (χ2n) is 6.94.